The Labute approximate surface area is 136 Å². The van der Waals surface area contributed by atoms with Gasteiger partial charge in [0, 0.05) is 10.7 Å². The summed E-state index contributed by atoms with van der Waals surface area (Å²) in [6.45, 7) is 1.89. The highest BCUT2D eigenvalue weighted by molar-refractivity contribution is 9.10. The van der Waals surface area contributed by atoms with Gasteiger partial charge in [0.1, 0.15) is 5.69 Å². The van der Waals surface area contributed by atoms with Crippen molar-refractivity contribution < 1.29 is 14.3 Å². The number of hydrogen-bond acceptors (Lipinski definition) is 4. The first-order chi connectivity index (χ1) is 10.5. The number of nitrogens with zero attached hydrogens (tertiary/aromatic N) is 1. The molecule has 1 aromatic carbocycles. The quantitative estimate of drug-likeness (QED) is 0.848. The molecular weight excluding hydrogens is 348 g/mol. The van der Waals surface area contributed by atoms with Crippen LogP contribution in [0.2, 0.25) is 0 Å². The van der Waals surface area contributed by atoms with Gasteiger partial charge in [0.2, 0.25) is 0 Å². The van der Waals surface area contributed by atoms with E-state index in [1.165, 1.54) is 25.4 Å². The average Bonchev–Trinajstić information content (AvgIpc) is 2.54. The van der Waals surface area contributed by atoms with Crippen LogP contribution in [0.3, 0.4) is 0 Å². The minimum absolute atomic E-state index is 0.150. The Morgan fingerprint density at radius 2 is 1.86 bits per heavy atom. The molecule has 2 rings (SSSR count). The first kappa shape index (κ1) is 16.2. The molecular formula is C16H15BrN2O3. The minimum Gasteiger partial charge on any atom is -0.465 e. The van der Waals surface area contributed by atoms with Crippen LogP contribution in [-0.4, -0.2) is 24.0 Å². The summed E-state index contributed by atoms with van der Waals surface area (Å²) in [5.41, 5.74) is 1.54. The lowest BCUT2D eigenvalue weighted by atomic mass is 10.1. The SMILES string of the molecule is COC(=O)c1ccc(C(=O)NC(C)c2ccc(Br)cc2)nc1. The van der Waals surface area contributed by atoms with Crippen LogP contribution < -0.4 is 5.32 Å². The Kier molecular flexibility index (Phi) is 5.27. The van der Waals surface area contributed by atoms with Crippen molar-refractivity contribution in [3.63, 3.8) is 0 Å². The number of ether oxygens (including phenoxy) is 1. The number of nitrogens with one attached hydrogen (secondary N) is 1. The molecule has 1 heterocycles. The second-order valence-electron chi connectivity index (χ2n) is 4.67. The van der Waals surface area contributed by atoms with Gasteiger partial charge in [-0.05, 0) is 36.8 Å². The van der Waals surface area contributed by atoms with E-state index in [9.17, 15) is 9.59 Å². The van der Waals surface area contributed by atoms with E-state index in [0.717, 1.165) is 10.0 Å². The molecule has 22 heavy (non-hydrogen) atoms. The van der Waals surface area contributed by atoms with Crippen LogP contribution in [0.5, 0.6) is 0 Å². The Morgan fingerprint density at radius 1 is 1.18 bits per heavy atom. The maximum atomic E-state index is 12.1. The van der Waals surface area contributed by atoms with Gasteiger partial charge in [0.15, 0.2) is 0 Å². The second-order valence-corrected chi connectivity index (χ2v) is 5.59. The summed E-state index contributed by atoms with van der Waals surface area (Å²) in [6, 6.07) is 10.6. The minimum atomic E-state index is -0.484. The van der Waals surface area contributed by atoms with Gasteiger partial charge in [-0.1, -0.05) is 28.1 Å². The third kappa shape index (κ3) is 3.92. The Balaban J connectivity index is 2.05. The van der Waals surface area contributed by atoms with E-state index in [-0.39, 0.29) is 17.6 Å². The molecule has 0 fully saturated rings. The molecule has 0 saturated carbocycles. The number of hydrogen-bond donors (Lipinski definition) is 1. The van der Waals surface area contributed by atoms with E-state index in [4.69, 9.17) is 0 Å². The van der Waals surface area contributed by atoms with Gasteiger partial charge in [-0.15, -0.1) is 0 Å². The summed E-state index contributed by atoms with van der Waals surface area (Å²) in [7, 11) is 1.29. The molecule has 2 aromatic rings. The van der Waals surface area contributed by atoms with Crippen molar-refractivity contribution >= 4 is 27.8 Å². The van der Waals surface area contributed by atoms with Crippen LogP contribution in [0.25, 0.3) is 0 Å². The van der Waals surface area contributed by atoms with Crippen molar-refractivity contribution in [2.45, 2.75) is 13.0 Å². The lowest BCUT2D eigenvalue weighted by Gasteiger charge is -2.14. The molecule has 1 aromatic heterocycles. The highest BCUT2D eigenvalue weighted by Gasteiger charge is 2.13. The molecule has 114 valence electrons. The monoisotopic (exact) mass is 362 g/mol. The zero-order valence-corrected chi connectivity index (χ0v) is 13.8. The van der Waals surface area contributed by atoms with Crippen LogP contribution in [0.4, 0.5) is 0 Å². The van der Waals surface area contributed by atoms with Crippen molar-refractivity contribution in [3.05, 3.63) is 63.9 Å². The number of esters is 1. The van der Waals surface area contributed by atoms with Crippen LogP contribution in [0.1, 0.15) is 39.4 Å². The standard InChI is InChI=1S/C16H15BrN2O3/c1-10(11-3-6-13(17)7-4-11)19-15(20)14-8-5-12(9-18-14)16(21)22-2/h3-10H,1-2H3,(H,19,20). The van der Waals surface area contributed by atoms with Crippen LogP contribution >= 0.6 is 15.9 Å². The summed E-state index contributed by atoms with van der Waals surface area (Å²) < 4.78 is 5.57. The largest absolute Gasteiger partial charge is 0.465 e. The first-order valence-electron chi connectivity index (χ1n) is 6.62. The molecule has 1 atom stereocenters. The Bertz CT molecular complexity index is 669. The van der Waals surface area contributed by atoms with Crippen molar-refractivity contribution in [1.82, 2.24) is 10.3 Å². The van der Waals surface area contributed by atoms with E-state index in [1.807, 2.05) is 31.2 Å². The van der Waals surface area contributed by atoms with Crippen molar-refractivity contribution in [2.24, 2.45) is 0 Å². The Morgan fingerprint density at radius 3 is 2.41 bits per heavy atom. The Hall–Kier alpha value is -2.21. The molecule has 1 unspecified atom stereocenters. The number of carbonyl (C=O) groups excluding carboxylic acids is 2. The number of amides is 1. The topological polar surface area (TPSA) is 68.3 Å². The molecule has 0 saturated heterocycles. The molecule has 5 nitrogen and oxygen atoms in total. The molecule has 0 aliphatic heterocycles. The first-order valence-corrected chi connectivity index (χ1v) is 7.41. The number of methoxy groups -OCH3 is 1. The summed E-state index contributed by atoms with van der Waals surface area (Å²) in [5.74, 6) is -0.783. The lowest BCUT2D eigenvalue weighted by Crippen LogP contribution is -2.27. The maximum Gasteiger partial charge on any atom is 0.339 e. The molecule has 1 amide bonds. The van der Waals surface area contributed by atoms with Gasteiger partial charge in [-0.2, -0.15) is 0 Å². The number of rotatable bonds is 4. The summed E-state index contributed by atoms with van der Waals surface area (Å²) >= 11 is 3.37. The van der Waals surface area contributed by atoms with Gasteiger partial charge >= 0.3 is 5.97 Å². The fraction of sp³-hybridized carbons (Fsp3) is 0.188. The molecule has 0 radical (unpaired) electrons. The third-order valence-electron chi connectivity index (χ3n) is 3.13. The highest BCUT2D eigenvalue weighted by Crippen LogP contribution is 2.16. The maximum absolute atomic E-state index is 12.1. The predicted octanol–water partition coefficient (Wildman–Crippen LogP) is 3.12. The zero-order chi connectivity index (χ0) is 16.1. The number of benzene rings is 1. The van der Waals surface area contributed by atoms with E-state index >= 15 is 0 Å². The van der Waals surface area contributed by atoms with Crippen molar-refractivity contribution in [3.8, 4) is 0 Å². The van der Waals surface area contributed by atoms with Crippen LogP contribution in [0.15, 0.2) is 47.1 Å². The molecule has 1 N–H and O–H groups in total. The highest BCUT2D eigenvalue weighted by atomic mass is 79.9. The summed E-state index contributed by atoms with van der Waals surface area (Å²) in [6.07, 6.45) is 1.32. The number of pyridine rings is 1. The number of halogens is 1. The molecule has 6 heteroatoms. The van der Waals surface area contributed by atoms with Gasteiger partial charge in [0.05, 0.1) is 18.7 Å². The molecule has 0 bridgehead atoms. The van der Waals surface area contributed by atoms with E-state index in [1.54, 1.807) is 0 Å². The fourth-order valence-electron chi connectivity index (χ4n) is 1.87. The average molecular weight is 363 g/mol. The smallest absolute Gasteiger partial charge is 0.339 e. The van der Waals surface area contributed by atoms with E-state index < -0.39 is 5.97 Å². The predicted molar refractivity (Wildman–Crippen MR) is 85.6 cm³/mol. The van der Waals surface area contributed by atoms with Gasteiger partial charge in [-0.25, -0.2) is 4.79 Å². The normalized spacial score (nSPS) is 11.6. The second kappa shape index (κ2) is 7.17. The zero-order valence-electron chi connectivity index (χ0n) is 12.2. The van der Waals surface area contributed by atoms with Crippen molar-refractivity contribution in [1.29, 1.82) is 0 Å². The van der Waals surface area contributed by atoms with E-state index in [0.29, 0.717) is 5.56 Å². The lowest BCUT2D eigenvalue weighted by molar-refractivity contribution is 0.0599. The number of carbonyl (C=O) groups is 2. The molecule has 0 aliphatic carbocycles. The summed E-state index contributed by atoms with van der Waals surface area (Å²) in [5, 5.41) is 2.86. The fourth-order valence-corrected chi connectivity index (χ4v) is 2.14. The molecule has 0 spiro atoms. The molecule has 0 aliphatic rings. The van der Waals surface area contributed by atoms with Gasteiger partial charge < -0.3 is 10.1 Å². The van der Waals surface area contributed by atoms with Crippen LogP contribution in [0, 0.1) is 0 Å². The summed E-state index contributed by atoms with van der Waals surface area (Å²) in [4.78, 5) is 27.5. The van der Waals surface area contributed by atoms with Gasteiger partial charge in [-0.3, -0.25) is 9.78 Å². The van der Waals surface area contributed by atoms with E-state index in [2.05, 4.69) is 31.0 Å². The van der Waals surface area contributed by atoms with Gasteiger partial charge in [0.25, 0.3) is 5.91 Å². The van der Waals surface area contributed by atoms with Crippen LogP contribution in [-0.2, 0) is 4.74 Å². The number of aromatic nitrogens is 1. The third-order valence-corrected chi connectivity index (χ3v) is 3.66. The van der Waals surface area contributed by atoms with Crippen molar-refractivity contribution in [2.75, 3.05) is 7.11 Å².